The van der Waals surface area contributed by atoms with Crippen molar-refractivity contribution < 1.29 is 9.90 Å². The lowest BCUT2D eigenvalue weighted by molar-refractivity contribution is -0.117. The van der Waals surface area contributed by atoms with E-state index >= 15 is 0 Å². The smallest absolute Gasteiger partial charge is 0.244 e. The van der Waals surface area contributed by atoms with Gasteiger partial charge in [0.25, 0.3) is 0 Å². The molecule has 0 saturated carbocycles. The zero-order valence-electron chi connectivity index (χ0n) is 13.4. The Kier molecular flexibility index (Phi) is 4.79. The highest BCUT2D eigenvalue weighted by molar-refractivity contribution is 7.19. The van der Waals surface area contributed by atoms with Gasteiger partial charge in [0.15, 0.2) is 0 Å². The Labute approximate surface area is 145 Å². The van der Waals surface area contributed by atoms with Gasteiger partial charge < -0.3 is 10.4 Å². The van der Waals surface area contributed by atoms with Crippen LogP contribution in [0.15, 0.2) is 66.7 Å². The molecule has 0 bridgehead atoms. The van der Waals surface area contributed by atoms with Gasteiger partial charge in [-0.15, -0.1) is 11.3 Å². The summed E-state index contributed by atoms with van der Waals surface area (Å²) in [6.45, 7) is 1.89. The summed E-state index contributed by atoms with van der Waals surface area (Å²) in [7, 11) is 0. The van der Waals surface area contributed by atoms with E-state index in [1.807, 2.05) is 60.7 Å². The van der Waals surface area contributed by atoms with Gasteiger partial charge in [-0.05, 0) is 36.1 Å². The number of thiophene rings is 1. The van der Waals surface area contributed by atoms with E-state index in [4.69, 9.17) is 0 Å². The van der Waals surface area contributed by atoms with E-state index in [2.05, 4.69) is 5.32 Å². The zero-order chi connectivity index (χ0) is 17.0. The quantitative estimate of drug-likeness (QED) is 0.693. The number of aliphatic hydroxyl groups is 1. The van der Waals surface area contributed by atoms with E-state index in [1.165, 1.54) is 6.08 Å². The van der Waals surface area contributed by atoms with Crippen molar-refractivity contribution in [3.05, 3.63) is 77.2 Å². The highest BCUT2D eigenvalue weighted by atomic mass is 32.1. The van der Waals surface area contributed by atoms with Gasteiger partial charge in [-0.2, -0.15) is 0 Å². The van der Waals surface area contributed by atoms with Crippen LogP contribution in [-0.4, -0.2) is 17.6 Å². The largest absolute Gasteiger partial charge is 0.383 e. The van der Waals surface area contributed by atoms with Crippen LogP contribution in [-0.2, 0) is 10.4 Å². The maximum Gasteiger partial charge on any atom is 0.244 e. The van der Waals surface area contributed by atoms with Gasteiger partial charge in [-0.25, -0.2) is 0 Å². The number of rotatable bonds is 5. The molecule has 24 heavy (non-hydrogen) atoms. The first-order valence-electron chi connectivity index (χ1n) is 7.77. The molecule has 1 heterocycles. The minimum absolute atomic E-state index is 0.164. The standard InChI is InChI=1S/C20H19NO2S/c1-20(23,18-13-16-9-5-6-10-17(16)24-18)14-21-19(22)12-11-15-7-3-2-4-8-15/h2-13,23H,14H2,1H3,(H,21,22)/b12-11+/t20-/m1/s1. The number of benzene rings is 2. The molecule has 3 aromatic rings. The molecule has 0 radical (unpaired) electrons. The Morgan fingerprint density at radius 3 is 2.62 bits per heavy atom. The van der Waals surface area contributed by atoms with E-state index in [1.54, 1.807) is 24.3 Å². The number of carbonyl (C=O) groups excluding carboxylic acids is 1. The van der Waals surface area contributed by atoms with Gasteiger partial charge in [-0.1, -0.05) is 48.5 Å². The summed E-state index contributed by atoms with van der Waals surface area (Å²) >= 11 is 1.55. The van der Waals surface area contributed by atoms with Crippen LogP contribution in [0.2, 0.25) is 0 Å². The van der Waals surface area contributed by atoms with E-state index in [9.17, 15) is 9.90 Å². The molecule has 0 spiro atoms. The second-order valence-corrected chi connectivity index (χ2v) is 6.97. The second kappa shape index (κ2) is 6.99. The minimum Gasteiger partial charge on any atom is -0.383 e. The SMILES string of the molecule is C[C@@](O)(CNC(=O)/C=C/c1ccccc1)c1cc2ccccc2s1. The molecule has 3 nitrogen and oxygen atoms in total. The summed E-state index contributed by atoms with van der Waals surface area (Å²) in [4.78, 5) is 12.8. The Bertz CT molecular complexity index is 832. The summed E-state index contributed by atoms with van der Waals surface area (Å²) in [6.07, 6.45) is 3.24. The normalized spacial score (nSPS) is 13.9. The second-order valence-electron chi connectivity index (χ2n) is 5.88. The monoisotopic (exact) mass is 337 g/mol. The summed E-state index contributed by atoms with van der Waals surface area (Å²) in [6, 6.07) is 19.6. The van der Waals surface area contributed by atoms with Crippen LogP contribution in [0.1, 0.15) is 17.4 Å². The van der Waals surface area contributed by atoms with Crippen molar-refractivity contribution >= 4 is 33.4 Å². The summed E-state index contributed by atoms with van der Waals surface area (Å²) in [5.74, 6) is -0.222. The molecule has 0 aliphatic carbocycles. The lowest BCUT2D eigenvalue weighted by atomic mass is 10.0. The van der Waals surface area contributed by atoms with Gasteiger partial charge in [-0.3, -0.25) is 4.79 Å². The minimum atomic E-state index is -1.10. The Hall–Kier alpha value is -2.43. The third-order valence-corrected chi connectivity index (χ3v) is 5.16. The van der Waals surface area contributed by atoms with Gasteiger partial charge in [0.1, 0.15) is 5.60 Å². The first kappa shape index (κ1) is 16.4. The molecule has 0 fully saturated rings. The molecule has 2 N–H and O–H groups in total. The lowest BCUT2D eigenvalue weighted by Crippen LogP contribution is -2.37. The Balaban J connectivity index is 1.64. The third kappa shape index (κ3) is 3.91. The van der Waals surface area contributed by atoms with Crippen molar-refractivity contribution in [2.75, 3.05) is 6.54 Å². The first-order chi connectivity index (χ1) is 11.5. The molecule has 122 valence electrons. The Morgan fingerprint density at radius 2 is 1.88 bits per heavy atom. The molecule has 2 aromatic carbocycles. The number of hydrogen-bond donors (Lipinski definition) is 2. The maximum absolute atomic E-state index is 12.0. The number of hydrogen-bond acceptors (Lipinski definition) is 3. The number of nitrogens with one attached hydrogen (secondary N) is 1. The lowest BCUT2D eigenvalue weighted by Gasteiger charge is -2.21. The fraction of sp³-hybridized carbons (Fsp3) is 0.150. The van der Waals surface area contributed by atoms with Gasteiger partial charge in [0, 0.05) is 15.7 Å². The number of amides is 1. The van der Waals surface area contributed by atoms with Crippen LogP contribution in [0.3, 0.4) is 0 Å². The number of carbonyl (C=O) groups is 1. The van der Waals surface area contributed by atoms with Crippen molar-refractivity contribution in [2.24, 2.45) is 0 Å². The summed E-state index contributed by atoms with van der Waals surface area (Å²) in [5, 5.41) is 14.6. The molecule has 3 rings (SSSR count). The van der Waals surface area contributed by atoms with Crippen LogP contribution in [0, 0.1) is 0 Å². The molecule has 0 unspecified atom stereocenters. The Morgan fingerprint density at radius 1 is 1.17 bits per heavy atom. The predicted octanol–water partition coefficient (Wildman–Crippen LogP) is 3.94. The maximum atomic E-state index is 12.0. The van der Waals surface area contributed by atoms with Gasteiger partial charge >= 0.3 is 0 Å². The van der Waals surface area contributed by atoms with E-state index in [0.717, 1.165) is 20.5 Å². The molecular weight excluding hydrogens is 318 g/mol. The molecular formula is C20H19NO2S. The molecule has 0 aliphatic heterocycles. The molecule has 0 aliphatic rings. The fourth-order valence-corrected chi connectivity index (χ4v) is 3.49. The highest BCUT2D eigenvalue weighted by Crippen LogP contribution is 2.32. The topological polar surface area (TPSA) is 49.3 Å². The van der Waals surface area contributed by atoms with Crippen molar-refractivity contribution in [1.29, 1.82) is 0 Å². The fourth-order valence-electron chi connectivity index (χ4n) is 2.39. The van der Waals surface area contributed by atoms with Crippen LogP contribution in [0.25, 0.3) is 16.2 Å². The summed E-state index contributed by atoms with van der Waals surface area (Å²) < 4.78 is 1.13. The summed E-state index contributed by atoms with van der Waals surface area (Å²) in [5.41, 5.74) is -0.135. The van der Waals surface area contributed by atoms with Gasteiger partial charge in [0.2, 0.25) is 5.91 Å². The first-order valence-corrected chi connectivity index (χ1v) is 8.59. The van der Waals surface area contributed by atoms with Crippen LogP contribution >= 0.6 is 11.3 Å². The van der Waals surface area contributed by atoms with Crippen LogP contribution < -0.4 is 5.32 Å². The average Bonchev–Trinajstić information content (AvgIpc) is 3.04. The predicted molar refractivity (Wildman–Crippen MR) is 99.9 cm³/mol. The van der Waals surface area contributed by atoms with Crippen molar-refractivity contribution in [1.82, 2.24) is 5.32 Å². The average molecular weight is 337 g/mol. The zero-order valence-corrected chi connectivity index (χ0v) is 14.2. The molecule has 0 saturated heterocycles. The molecule has 1 amide bonds. The molecule has 1 aromatic heterocycles. The van der Waals surface area contributed by atoms with Gasteiger partial charge in [0.05, 0.1) is 6.54 Å². The van der Waals surface area contributed by atoms with E-state index < -0.39 is 5.60 Å². The van der Waals surface area contributed by atoms with Crippen molar-refractivity contribution in [3.63, 3.8) is 0 Å². The van der Waals surface area contributed by atoms with Crippen molar-refractivity contribution in [2.45, 2.75) is 12.5 Å². The van der Waals surface area contributed by atoms with E-state index in [0.29, 0.717) is 0 Å². The number of fused-ring (bicyclic) bond motifs is 1. The third-order valence-electron chi connectivity index (χ3n) is 3.79. The van der Waals surface area contributed by atoms with Crippen molar-refractivity contribution in [3.8, 4) is 0 Å². The van der Waals surface area contributed by atoms with E-state index in [-0.39, 0.29) is 12.5 Å². The molecule has 4 heteroatoms. The highest BCUT2D eigenvalue weighted by Gasteiger charge is 2.25. The van der Waals surface area contributed by atoms with Crippen LogP contribution in [0.5, 0.6) is 0 Å². The van der Waals surface area contributed by atoms with Crippen LogP contribution in [0.4, 0.5) is 0 Å². The molecule has 1 atom stereocenters.